The van der Waals surface area contributed by atoms with E-state index in [2.05, 4.69) is 60.6 Å². The van der Waals surface area contributed by atoms with Gasteiger partial charge in [0, 0.05) is 0 Å². The van der Waals surface area contributed by atoms with Gasteiger partial charge in [0.25, 0.3) is 0 Å². The molecule has 0 heteroatoms. The monoisotopic (exact) mass is 298 g/mol. The summed E-state index contributed by atoms with van der Waals surface area (Å²) in [6, 6.07) is 10.3. The molecule has 0 aliphatic carbocycles. The molecule has 1 rings (SSSR count). The third-order valence-electron chi connectivity index (χ3n) is 1.44. The third kappa shape index (κ3) is 84.3. The van der Waals surface area contributed by atoms with E-state index in [1.807, 2.05) is 45.9 Å². The molecular weight excluding hydrogens is 252 g/mol. The second-order valence-corrected chi connectivity index (χ2v) is 4.07. The Labute approximate surface area is 138 Å². The molecule has 0 aliphatic rings. The van der Waals surface area contributed by atoms with Crippen molar-refractivity contribution in [3.63, 3.8) is 0 Å². The molecule has 0 heterocycles. The number of hydrogen-bond acceptors (Lipinski definition) is 0. The standard InChI is InChI=1S/C7H8.C4H10.2C3H8.2C2H6/c1-7-5-3-2-4-6-7;1-3-4-2;2*1-3-2;2*1-2/h2-6H,1H3;3-4H2,1-2H3;2*3H2,1-2H3;2*1-2H3. The molecule has 0 N–H and O–H groups in total. The second kappa shape index (κ2) is 50.7. The van der Waals surface area contributed by atoms with Crippen LogP contribution < -0.4 is 0 Å². The highest BCUT2D eigenvalue weighted by Crippen LogP contribution is 1.92. The summed E-state index contributed by atoms with van der Waals surface area (Å²) in [5.41, 5.74) is 1.32. The van der Waals surface area contributed by atoms with E-state index in [4.69, 9.17) is 0 Å². The van der Waals surface area contributed by atoms with Crippen molar-refractivity contribution in [3.8, 4) is 0 Å². The Hall–Kier alpha value is -0.780. The molecule has 0 saturated heterocycles. The topological polar surface area (TPSA) is 0 Å². The highest BCUT2D eigenvalue weighted by atomic mass is 13.8. The maximum atomic E-state index is 2.18. The van der Waals surface area contributed by atoms with E-state index in [1.165, 1.54) is 31.2 Å². The summed E-state index contributed by atoms with van der Waals surface area (Å²) in [5, 5.41) is 0. The predicted molar refractivity (Wildman–Crippen MR) is 106 cm³/mol. The Morgan fingerprint density at radius 2 is 0.810 bits per heavy atom. The first kappa shape index (κ1) is 32.2. The molecule has 0 amide bonds. The summed E-state index contributed by atoms with van der Waals surface area (Å²) in [6.45, 7) is 22.9. The van der Waals surface area contributed by atoms with Gasteiger partial charge < -0.3 is 0 Å². The summed E-state index contributed by atoms with van der Waals surface area (Å²) in [6.07, 6.45) is 5.14. The van der Waals surface area contributed by atoms with Crippen molar-refractivity contribution in [2.75, 3.05) is 0 Å². The molecule has 0 bridgehead atoms. The van der Waals surface area contributed by atoms with Crippen molar-refractivity contribution in [1.29, 1.82) is 0 Å². The quantitative estimate of drug-likeness (QED) is 0.486. The highest BCUT2D eigenvalue weighted by molar-refractivity contribution is 5.11. The average molecular weight is 299 g/mol. The average Bonchev–Trinajstić information content (AvgIpc) is 2.54. The van der Waals surface area contributed by atoms with Gasteiger partial charge in [0.05, 0.1) is 0 Å². The Kier molecular flexibility index (Phi) is 77.8. The van der Waals surface area contributed by atoms with Gasteiger partial charge in [-0.1, -0.05) is 131 Å². The Balaban J connectivity index is -0.0000000535. The zero-order valence-electron chi connectivity index (χ0n) is 17.2. The smallest absolute Gasteiger partial charge is 0.0398 e. The van der Waals surface area contributed by atoms with Gasteiger partial charge in [-0.25, -0.2) is 0 Å². The number of aryl methyl sites for hydroxylation is 1. The molecular formula is C21H46. The summed E-state index contributed by atoms with van der Waals surface area (Å²) < 4.78 is 0. The van der Waals surface area contributed by atoms with Crippen LogP contribution >= 0.6 is 0 Å². The lowest BCUT2D eigenvalue weighted by atomic mass is 10.2. The number of unbranched alkanes of at least 4 members (excludes halogenated alkanes) is 1. The summed E-state index contributed by atoms with van der Waals surface area (Å²) in [4.78, 5) is 0. The first-order chi connectivity index (χ1) is 10.1. The number of hydrogen-bond donors (Lipinski definition) is 0. The van der Waals surface area contributed by atoms with Gasteiger partial charge in [0.1, 0.15) is 0 Å². The van der Waals surface area contributed by atoms with Crippen LogP contribution in [0.4, 0.5) is 0 Å². The normalized spacial score (nSPS) is 6.62. The maximum Gasteiger partial charge on any atom is -0.0398 e. The number of benzene rings is 1. The summed E-state index contributed by atoms with van der Waals surface area (Å²) in [5.74, 6) is 0. The van der Waals surface area contributed by atoms with Gasteiger partial charge in [-0.15, -0.1) is 0 Å². The van der Waals surface area contributed by atoms with Gasteiger partial charge in [0.15, 0.2) is 0 Å². The van der Waals surface area contributed by atoms with Gasteiger partial charge in [-0.2, -0.15) is 0 Å². The van der Waals surface area contributed by atoms with Gasteiger partial charge >= 0.3 is 0 Å². The fourth-order valence-electron chi connectivity index (χ4n) is 0.534. The molecule has 130 valence electrons. The minimum Gasteiger partial charge on any atom is -0.0683 e. The molecule has 0 unspecified atom stereocenters. The van der Waals surface area contributed by atoms with Crippen molar-refractivity contribution in [2.24, 2.45) is 0 Å². The van der Waals surface area contributed by atoms with Crippen LogP contribution in [0.1, 0.15) is 100 Å². The van der Waals surface area contributed by atoms with Crippen LogP contribution in [-0.2, 0) is 0 Å². The molecule has 0 saturated carbocycles. The lowest BCUT2D eigenvalue weighted by Gasteiger charge is -1.82. The lowest BCUT2D eigenvalue weighted by molar-refractivity contribution is 0.886. The van der Waals surface area contributed by atoms with Crippen molar-refractivity contribution >= 4 is 0 Å². The van der Waals surface area contributed by atoms with Crippen LogP contribution in [0.3, 0.4) is 0 Å². The van der Waals surface area contributed by atoms with Crippen molar-refractivity contribution in [3.05, 3.63) is 35.9 Å². The molecule has 0 aliphatic heterocycles. The molecule has 1 aromatic carbocycles. The largest absolute Gasteiger partial charge is 0.0683 e. The molecule has 0 radical (unpaired) electrons. The molecule has 0 fully saturated rings. The zero-order chi connectivity index (χ0) is 17.9. The van der Waals surface area contributed by atoms with Crippen molar-refractivity contribution in [1.82, 2.24) is 0 Å². The molecule has 1 aromatic rings. The third-order valence-corrected chi connectivity index (χ3v) is 1.44. The van der Waals surface area contributed by atoms with Crippen LogP contribution in [0.15, 0.2) is 30.3 Å². The predicted octanol–water partition coefficient (Wildman–Crippen LogP) is 8.69. The van der Waals surface area contributed by atoms with E-state index < -0.39 is 0 Å². The number of rotatable bonds is 1. The van der Waals surface area contributed by atoms with Crippen LogP contribution in [0.25, 0.3) is 0 Å². The fourth-order valence-corrected chi connectivity index (χ4v) is 0.534. The molecule has 0 spiro atoms. The molecule has 21 heavy (non-hydrogen) atoms. The minimum absolute atomic E-state index is 1.25. The molecule has 0 aromatic heterocycles. The Bertz CT molecular complexity index is 172. The van der Waals surface area contributed by atoms with E-state index in [9.17, 15) is 0 Å². The summed E-state index contributed by atoms with van der Waals surface area (Å²) in [7, 11) is 0. The van der Waals surface area contributed by atoms with Crippen LogP contribution in [0.5, 0.6) is 0 Å². The zero-order valence-corrected chi connectivity index (χ0v) is 17.2. The van der Waals surface area contributed by atoms with E-state index in [-0.39, 0.29) is 0 Å². The Morgan fingerprint density at radius 1 is 0.571 bits per heavy atom. The molecule has 0 nitrogen and oxygen atoms in total. The lowest BCUT2D eigenvalue weighted by Crippen LogP contribution is -1.62. The molecule has 0 atom stereocenters. The van der Waals surface area contributed by atoms with E-state index in [1.54, 1.807) is 0 Å². The van der Waals surface area contributed by atoms with Crippen molar-refractivity contribution in [2.45, 2.75) is 102 Å². The highest BCUT2D eigenvalue weighted by Gasteiger charge is 1.72. The van der Waals surface area contributed by atoms with Crippen molar-refractivity contribution < 1.29 is 0 Å². The minimum atomic E-state index is 1.25. The van der Waals surface area contributed by atoms with E-state index >= 15 is 0 Å². The fraction of sp³-hybridized carbons (Fsp3) is 0.714. The van der Waals surface area contributed by atoms with Gasteiger partial charge in [0.2, 0.25) is 0 Å². The van der Waals surface area contributed by atoms with E-state index in [0.29, 0.717) is 0 Å². The van der Waals surface area contributed by atoms with Gasteiger partial charge in [-0.05, 0) is 6.92 Å². The summed E-state index contributed by atoms with van der Waals surface area (Å²) >= 11 is 0. The SMILES string of the molecule is CC.CC.CCC.CCC.CCCC.Cc1ccccc1. The second-order valence-electron chi connectivity index (χ2n) is 4.07. The first-order valence-corrected chi connectivity index (χ1v) is 9.15. The first-order valence-electron chi connectivity index (χ1n) is 9.15. The van der Waals surface area contributed by atoms with Gasteiger partial charge in [-0.3, -0.25) is 0 Å². The Morgan fingerprint density at radius 3 is 0.905 bits per heavy atom. The van der Waals surface area contributed by atoms with Crippen LogP contribution in [0.2, 0.25) is 0 Å². The van der Waals surface area contributed by atoms with Crippen LogP contribution in [-0.4, -0.2) is 0 Å². The maximum absolute atomic E-state index is 2.18. The van der Waals surface area contributed by atoms with Crippen LogP contribution in [0, 0.1) is 6.92 Å². The van der Waals surface area contributed by atoms with E-state index in [0.717, 1.165) is 0 Å².